The number of alkyl carbamates (subject to hydrolysis) is 1. The predicted octanol–water partition coefficient (Wildman–Crippen LogP) is 2.48. The number of rotatable bonds is 5. The van der Waals surface area contributed by atoms with Gasteiger partial charge in [0.15, 0.2) is 21.5 Å². The third-order valence-electron chi connectivity index (χ3n) is 6.00. The van der Waals surface area contributed by atoms with Gasteiger partial charge in [-0.3, -0.25) is 5.10 Å². The fraction of sp³-hybridized carbons (Fsp3) is 0.500. The van der Waals surface area contributed by atoms with Gasteiger partial charge in [-0.1, -0.05) is 6.07 Å². The molecule has 3 N–H and O–H groups in total. The maximum Gasteiger partial charge on any atom is 0.407 e. The molecule has 2 fully saturated rings. The monoisotopic (exact) mass is 450 g/mol. The molecule has 0 spiro atoms. The number of carbonyl (C=O) groups excluding carboxylic acids is 1. The number of nitrogens with zero attached hydrogens (tertiary/aromatic N) is 1. The van der Waals surface area contributed by atoms with Crippen LogP contribution in [-0.4, -0.2) is 50.1 Å². The number of benzene rings is 1. The molecule has 5 rings (SSSR count). The minimum absolute atomic E-state index is 0.0330. The van der Waals surface area contributed by atoms with Crippen molar-refractivity contribution in [2.75, 3.05) is 18.5 Å². The smallest absolute Gasteiger partial charge is 0.407 e. The molecule has 1 aromatic carbocycles. The largest absolute Gasteiger partial charge is 0.446 e. The lowest BCUT2D eigenvalue weighted by Gasteiger charge is -2.27. The topological polar surface area (TPSA) is 122 Å². The molecule has 0 radical (unpaired) electrons. The lowest BCUT2D eigenvalue weighted by atomic mass is 10.0. The van der Waals surface area contributed by atoms with Crippen molar-refractivity contribution in [2.45, 2.75) is 48.8 Å². The lowest BCUT2D eigenvalue weighted by Crippen LogP contribution is -2.49. The second-order valence-corrected chi connectivity index (χ2v) is 10.4. The van der Waals surface area contributed by atoms with Crippen LogP contribution in [0.15, 0.2) is 18.2 Å². The van der Waals surface area contributed by atoms with E-state index in [0.29, 0.717) is 31.0 Å². The highest BCUT2D eigenvalue weighted by Crippen LogP contribution is 2.37. The van der Waals surface area contributed by atoms with Gasteiger partial charge in [-0.25, -0.2) is 17.6 Å². The summed E-state index contributed by atoms with van der Waals surface area (Å²) in [5, 5.41) is 12.9. The highest BCUT2D eigenvalue weighted by molar-refractivity contribution is 7.90. The average molecular weight is 450 g/mol. The number of fused-ring (bicyclic) bond motifs is 1. The number of hydrogen-bond acceptors (Lipinski definition) is 7. The van der Waals surface area contributed by atoms with E-state index < -0.39 is 21.7 Å². The van der Waals surface area contributed by atoms with Gasteiger partial charge in [0.1, 0.15) is 6.10 Å². The van der Waals surface area contributed by atoms with Crippen LogP contribution in [0.2, 0.25) is 0 Å². The van der Waals surface area contributed by atoms with E-state index in [1.54, 1.807) is 6.07 Å². The first-order chi connectivity index (χ1) is 14.9. The summed E-state index contributed by atoms with van der Waals surface area (Å²) in [5.74, 6) is -0.353. The lowest BCUT2D eigenvalue weighted by molar-refractivity contribution is -0.00832. The van der Waals surface area contributed by atoms with E-state index in [4.69, 9.17) is 9.47 Å². The van der Waals surface area contributed by atoms with Crippen LogP contribution in [0.4, 0.5) is 20.7 Å². The SMILES string of the molecule is O=C(NC1COC1)O[C@H]1CC[C@@H](c2cc(Nc3ccc4c(c3F)CS(=O)(=O)C4)n[nH]2)C1. The van der Waals surface area contributed by atoms with Gasteiger partial charge < -0.3 is 20.1 Å². The second-order valence-electron chi connectivity index (χ2n) is 8.35. The molecule has 0 bridgehead atoms. The molecule has 1 saturated heterocycles. The van der Waals surface area contributed by atoms with E-state index in [-0.39, 0.29) is 40.8 Å². The molecule has 1 amide bonds. The zero-order valence-corrected chi connectivity index (χ0v) is 17.5. The van der Waals surface area contributed by atoms with Crippen LogP contribution in [0.3, 0.4) is 0 Å². The Balaban J connectivity index is 1.20. The average Bonchev–Trinajstić information content (AvgIpc) is 3.39. The van der Waals surface area contributed by atoms with E-state index in [1.807, 2.05) is 6.07 Å². The highest BCUT2D eigenvalue weighted by Gasteiger charge is 2.32. The second kappa shape index (κ2) is 7.79. The fourth-order valence-electron chi connectivity index (χ4n) is 4.31. The van der Waals surface area contributed by atoms with E-state index in [2.05, 4.69) is 20.8 Å². The molecule has 11 heteroatoms. The number of anilines is 2. The maximum atomic E-state index is 14.8. The number of aromatic amines is 1. The third kappa shape index (κ3) is 4.24. The fourth-order valence-corrected chi connectivity index (χ4v) is 5.90. The summed E-state index contributed by atoms with van der Waals surface area (Å²) < 4.78 is 48.9. The molecule has 3 aliphatic rings. The van der Waals surface area contributed by atoms with Gasteiger partial charge in [0.2, 0.25) is 0 Å². The van der Waals surface area contributed by atoms with Crippen LogP contribution in [0.1, 0.15) is 42.0 Å². The molecule has 3 heterocycles. The molecule has 2 aliphatic heterocycles. The van der Waals surface area contributed by atoms with Gasteiger partial charge in [-0.2, -0.15) is 5.10 Å². The Morgan fingerprint density at radius 1 is 1.26 bits per heavy atom. The Bertz CT molecular complexity index is 1110. The summed E-state index contributed by atoms with van der Waals surface area (Å²) in [5.41, 5.74) is 1.81. The normalized spacial score (nSPS) is 24.4. The molecule has 166 valence electrons. The Hall–Kier alpha value is -2.66. The number of aromatic nitrogens is 2. The van der Waals surface area contributed by atoms with Gasteiger partial charge in [-0.15, -0.1) is 0 Å². The molecular weight excluding hydrogens is 427 g/mol. The zero-order chi connectivity index (χ0) is 21.6. The number of amides is 1. The first-order valence-corrected chi connectivity index (χ1v) is 12.1. The molecule has 1 saturated carbocycles. The van der Waals surface area contributed by atoms with Crippen molar-refractivity contribution in [3.05, 3.63) is 40.8 Å². The molecular formula is C20H23FN4O5S. The summed E-state index contributed by atoms with van der Waals surface area (Å²) in [6, 6.07) is 5.01. The summed E-state index contributed by atoms with van der Waals surface area (Å²) in [7, 11) is -3.28. The number of nitrogens with one attached hydrogen (secondary N) is 3. The van der Waals surface area contributed by atoms with Gasteiger partial charge in [0, 0.05) is 23.2 Å². The van der Waals surface area contributed by atoms with E-state index in [9.17, 15) is 17.6 Å². The van der Waals surface area contributed by atoms with Crippen LogP contribution in [0.5, 0.6) is 0 Å². The molecule has 1 aliphatic carbocycles. The summed E-state index contributed by atoms with van der Waals surface area (Å²) in [4.78, 5) is 11.9. The third-order valence-corrected chi connectivity index (χ3v) is 7.48. The summed E-state index contributed by atoms with van der Waals surface area (Å²) in [6.45, 7) is 1.04. The van der Waals surface area contributed by atoms with Crippen molar-refractivity contribution >= 4 is 27.4 Å². The van der Waals surface area contributed by atoms with E-state index >= 15 is 0 Å². The molecule has 9 nitrogen and oxygen atoms in total. The first kappa shape index (κ1) is 20.3. The highest BCUT2D eigenvalue weighted by atomic mass is 32.2. The van der Waals surface area contributed by atoms with E-state index in [1.165, 1.54) is 6.07 Å². The van der Waals surface area contributed by atoms with Gasteiger partial charge >= 0.3 is 6.09 Å². The van der Waals surface area contributed by atoms with Crippen molar-refractivity contribution in [2.24, 2.45) is 0 Å². The van der Waals surface area contributed by atoms with Crippen molar-refractivity contribution in [1.29, 1.82) is 0 Å². The Morgan fingerprint density at radius 3 is 2.87 bits per heavy atom. The van der Waals surface area contributed by atoms with E-state index in [0.717, 1.165) is 18.5 Å². The maximum absolute atomic E-state index is 14.8. The number of hydrogen-bond donors (Lipinski definition) is 3. The van der Waals surface area contributed by atoms with Crippen LogP contribution in [-0.2, 0) is 30.8 Å². The number of H-pyrrole nitrogens is 1. The van der Waals surface area contributed by atoms with Crippen molar-refractivity contribution < 1.29 is 27.1 Å². The summed E-state index contributed by atoms with van der Waals surface area (Å²) in [6.07, 6.45) is 1.70. The van der Waals surface area contributed by atoms with Crippen molar-refractivity contribution in [3.8, 4) is 0 Å². The predicted molar refractivity (Wildman–Crippen MR) is 109 cm³/mol. The molecule has 1 aromatic heterocycles. The molecule has 0 unspecified atom stereocenters. The standard InChI is InChI=1S/C20H23FN4O5S/c21-19-15-10-31(27,28)9-12(15)2-4-16(19)23-18-6-17(24-25-18)11-1-3-14(5-11)30-20(26)22-13-7-29-8-13/h2,4,6,11,13-14H,1,3,5,7-10H2,(H,22,26)(H2,23,24,25)/t11-,14+/m1/s1. The van der Waals surface area contributed by atoms with Crippen LogP contribution >= 0.6 is 0 Å². The summed E-state index contributed by atoms with van der Waals surface area (Å²) >= 11 is 0. The van der Waals surface area contributed by atoms with Gasteiger partial charge in [0.05, 0.1) is 36.4 Å². The first-order valence-electron chi connectivity index (χ1n) is 10.2. The quantitative estimate of drug-likeness (QED) is 0.640. The Labute approximate surface area is 178 Å². The molecule has 2 atom stereocenters. The van der Waals surface area contributed by atoms with Gasteiger partial charge in [-0.05, 0) is 30.9 Å². The zero-order valence-electron chi connectivity index (χ0n) is 16.7. The number of halogens is 1. The minimum atomic E-state index is -3.28. The number of carbonyl (C=O) groups is 1. The van der Waals surface area contributed by atoms with Crippen LogP contribution < -0.4 is 10.6 Å². The van der Waals surface area contributed by atoms with Crippen LogP contribution in [0.25, 0.3) is 0 Å². The number of sulfone groups is 1. The Morgan fingerprint density at radius 2 is 2.10 bits per heavy atom. The van der Waals surface area contributed by atoms with Crippen molar-refractivity contribution in [3.63, 3.8) is 0 Å². The van der Waals surface area contributed by atoms with Gasteiger partial charge in [0.25, 0.3) is 0 Å². The van der Waals surface area contributed by atoms with Crippen molar-refractivity contribution in [1.82, 2.24) is 15.5 Å². The Kier molecular flexibility index (Phi) is 5.09. The molecule has 31 heavy (non-hydrogen) atoms. The minimum Gasteiger partial charge on any atom is -0.446 e. The number of ether oxygens (including phenoxy) is 2. The van der Waals surface area contributed by atoms with Crippen LogP contribution in [0, 0.1) is 5.82 Å². The molecule has 2 aromatic rings.